The van der Waals surface area contributed by atoms with Crippen LogP contribution in [-0.2, 0) is 4.79 Å². The van der Waals surface area contributed by atoms with Crippen molar-refractivity contribution in [1.82, 2.24) is 5.32 Å². The lowest BCUT2D eigenvalue weighted by atomic mass is 9.66. The van der Waals surface area contributed by atoms with E-state index in [2.05, 4.69) is 5.32 Å². The molecule has 1 aliphatic rings. The molecule has 0 radical (unpaired) electrons. The fourth-order valence-corrected chi connectivity index (χ4v) is 2.62. The van der Waals surface area contributed by atoms with E-state index in [1.807, 2.05) is 13.0 Å². The number of hydrogen-bond donors (Lipinski definition) is 2. The number of halogens is 1. The fraction of sp³-hybridized carbons (Fsp3) is 0.533. The molecule has 1 atom stereocenters. The molecule has 104 valence electrons. The first-order valence-corrected chi connectivity index (χ1v) is 6.80. The van der Waals surface area contributed by atoms with Crippen molar-refractivity contribution in [2.24, 2.45) is 11.1 Å². The third kappa shape index (κ3) is 3.32. The molecule has 0 aliphatic heterocycles. The molecule has 1 unspecified atom stereocenters. The van der Waals surface area contributed by atoms with Crippen LogP contribution in [0, 0.1) is 11.2 Å². The maximum atomic E-state index is 13.1. The summed E-state index contributed by atoms with van der Waals surface area (Å²) in [5, 5.41) is 2.92. The van der Waals surface area contributed by atoms with Crippen LogP contribution >= 0.6 is 0 Å². The Morgan fingerprint density at radius 2 is 2.26 bits per heavy atom. The normalized spacial score (nSPS) is 18.5. The van der Waals surface area contributed by atoms with E-state index in [0.717, 1.165) is 24.8 Å². The van der Waals surface area contributed by atoms with Gasteiger partial charge in [-0.3, -0.25) is 4.79 Å². The number of hydrogen-bond acceptors (Lipinski definition) is 2. The van der Waals surface area contributed by atoms with Gasteiger partial charge in [0.15, 0.2) is 0 Å². The minimum Gasteiger partial charge on any atom is -0.350 e. The van der Waals surface area contributed by atoms with E-state index in [1.54, 1.807) is 6.07 Å². The summed E-state index contributed by atoms with van der Waals surface area (Å²) in [6.45, 7) is 2.43. The van der Waals surface area contributed by atoms with Crippen LogP contribution in [0.15, 0.2) is 24.3 Å². The number of rotatable bonds is 5. The molecule has 2 rings (SSSR count). The third-order valence-corrected chi connectivity index (χ3v) is 4.11. The monoisotopic (exact) mass is 264 g/mol. The van der Waals surface area contributed by atoms with Crippen molar-refractivity contribution in [1.29, 1.82) is 0 Å². The Morgan fingerprint density at radius 3 is 2.79 bits per heavy atom. The molecule has 1 fully saturated rings. The Morgan fingerprint density at radius 1 is 1.53 bits per heavy atom. The van der Waals surface area contributed by atoms with Crippen molar-refractivity contribution in [3.05, 3.63) is 35.6 Å². The van der Waals surface area contributed by atoms with E-state index in [4.69, 9.17) is 5.73 Å². The summed E-state index contributed by atoms with van der Waals surface area (Å²) in [5.41, 5.74) is 6.54. The highest BCUT2D eigenvalue weighted by Gasteiger charge is 2.37. The lowest BCUT2D eigenvalue weighted by Gasteiger charge is -2.40. The van der Waals surface area contributed by atoms with E-state index >= 15 is 0 Å². The van der Waals surface area contributed by atoms with Crippen LogP contribution in [0.25, 0.3) is 0 Å². The summed E-state index contributed by atoms with van der Waals surface area (Å²) in [7, 11) is 0. The second kappa shape index (κ2) is 5.70. The first kappa shape index (κ1) is 14.0. The zero-order chi connectivity index (χ0) is 13.9. The highest BCUT2D eigenvalue weighted by atomic mass is 19.1. The molecular formula is C15H21FN2O. The topological polar surface area (TPSA) is 55.1 Å². The molecule has 3 N–H and O–H groups in total. The second-order valence-electron chi connectivity index (χ2n) is 5.58. The van der Waals surface area contributed by atoms with Crippen LogP contribution in [0.4, 0.5) is 4.39 Å². The standard InChI is InChI=1S/C15H21FN2O/c1-11(12-4-2-5-13(16)8-12)18-14(19)9-15(10-17)6-3-7-15/h2,4-5,8,11H,3,6-7,9-10,17H2,1H3,(H,18,19). The number of carbonyl (C=O) groups is 1. The van der Waals surface area contributed by atoms with Crippen LogP contribution in [0.5, 0.6) is 0 Å². The predicted molar refractivity (Wildman–Crippen MR) is 72.9 cm³/mol. The number of nitrogens with two attached hydrogens (primary N) is 1. The molecule has 0 bridgehead atoms. The van der Waals surface area contributed by atoms with Crippen molar-refractivity contribution in [2.45, 2.75) is 38.6 Å². The van der Waals surface area contributed by atoms with Gasteiger partial charge in [0.1, 0.15) is 5.82 Å². The highest BCUT2D eigenvalue weighted by molar-refractivity contribution is 5.77. The lowest BCUT2D eigenvalue weighted by molar-refractivity contribution is -0.125. The lowest BCUT2D eigenvalue weighted by Crippen LogP contribution is -2.42. The SMILES string of the molecule is CC(NC(=O)CC1(CN)CCC1)c1cccc(F)c1. The van der Waals surface area contributed by atoms with Crippen LogP contribution in [0.2, 0.25) is 0 Å². The van der Waals surface area contributed by atoms with Crippen molar-refractivity contribution < 1.29 is 9.18 Å². The van der Waals surface area contributed by atoms with Gasteiger partial charge in [-0.2, -0.15) is 0 Å². The smallest absolute Gasteiger partial charge is 0.221 e. The predicted octanol–water partition coefficient (Wildman–Crippen LogP) is 2.52. The average Bonchev–Trinajstić information content (AvgIpc) is 2.34. The summed E-state index contributed by atoms with van der Waals surface area (Å²) in [4.78, 5) is 12.0. The molecular weight excluding hydrogens is 243 g/mol. The van der Waals surface area contributed by atoms with Gasteiger partial charge in [0.05, 0.1) is 6.04 Å². The molecule has 19 heavy (non-hydrogen) atoms. The van der Waals surface area contributed by atoms with Gasteiger partial charge in [-0.1, -0.05) is 18.6 Å². The highest BCUT2D eigenvalue weighted by Crippen LogP contribution is 2.42. The molecule has 4 heteroatoms. The number of benzene rings is 1. The Labute approximate surface area is 113 Å². The van der Waals surface area contributed by atoms with E-state index in [0.29, 0.717) is 13.0 Å². The number of carbonyl (C=O) groups excluding carboxylic acids is 1. The molecule has 1 aliphatic carbocycles. The molecule has 3 nitrogen and oxygen atoms in total. The van der Waals surface area contributed by atoms with Crippen LogP contribution in [0.3, 0.4) is 0 Å². The molecule has 1 aromatic carbocycles. The molecule has 0 heterocycles. The van der Waals surface area contributed by atoms with Crippen molar-refractivity contribution in [3.63, 3.8) is 0 Å². The minimum atomic E-state index is -0.281. The summed E-state index contributed by atoms with van der Waals surface area (Å²) in [5.74, 6) is -0.280. The molecule has 1 amide bonds. The van der Waals surface area contributed by atoms with Gasteiger partial charge in [-0.05, 0) is 49.4 Å². The third-order valence-electron chi connectivity index (χ3n) is 4.11. The Balaban J connectivity index is 1.91. The van der Waals surface area contributed by atoms with Gasteiger partial charge < -0.3 is 11.1 Å². The Hall–Kier alpha value is -1.42. The fourth-order valence-electron chi connectivity index (χ4n) is 2.62. The summed E-state index contributed by atoms with van der Waals surface area (Å²) in [6.07, 6.45) is 3.70. The van der Waals surface area contributed by atoms with Gasteiger partial charge in [0, 0.05) is 6.42 Å². The number of nitrogens with one attached hydrogen (secondary N) is 1. The first-order valence-electron chi connectivity index (χ1n) is 6.80. The maximum Gasteiger partial charge on any atom is 0.221 e. The molecule has 1 saturated carbocycles. The second-order valence-corrected chi connectivity index (χ2v) is 5.58. The van der Waals surface area contributed by atoms with Crippen molar-refractivity contribution >= 4 is 5.91 Å². The van der Waals surface area contributed by atoms with Gasteiger partial charge >= 0.3 is 0 Å². The Bertz CT molecular complexity index is 452. The quantitative estimate of drug-likeness (QED) is 0.858. The minimum absolute atomic E-state index is 0.00177. The van der Waals surface area contributed by atoms with E-state index < -0.39 is 0 Å². The molecule has 0 saturated heterocycles. The molecule has 1 aromatic rings. The van der Waals surface area contributed by atoms with E-state index in [-0.39, 0.29) is 23.2 Å². The first-order chi connectivity index (χ1) is 9.04. The maximum absolute atomic E-state index is 13.1. The summed E-state index contributed by atoms with van der Waals surface area (Å²) in [6, 6.07) is 6.14. The Kier molecular flexibility index (Phi) is 4.20. The largest absolute Gasteiger partial charge is 0.350 e. The van der Waals surface area contributed by atoms with Gasteiger partial charge in [0.2, 0.25) is 5.91 Å². The average molecular weight is 264 g/mol. The summed E-state index contributed by atoms with van der Waals surface area (Å²) >= 11 is 0. The van der Waals surface area contributed by atoms with Crippen LogP contribution < -0.4 is 11.1 Å². The van der Waals surface area contributed by atoms with Gasteiger partial charge in [0.25, 0.3) is 0 Å². The molecule has 0 aromatic heterocycles. The zero-order valence-electron chi connectivity index (χ0n) is 11.3. The van der Waals surface area contributed by atoms with Crippen molar-refractivity contribution in [2.75, 3.05) is 6.54 Å². The van der Waals surface area contributed by atoms with Crippen LogP contribution in [0.1, 0.15) is 44.2 Å². The van der Waals surface area contributed by atoms with Crippen LogP contribution in [-0.4, -0.2) is 12.5 Å². The van der Waals surface area contributed by atoms with E-state index in [1.165, 1.54) is 12.1 Å². The summed E-state index contributed by atoms with van der Waals surface area (Å²) < 4.78 is 13.1. The number of amides is 1. The van der Waals surface area contributed by atoms with Gasteiger partial charge in [-0.15, -0.1) is 0 Å². The molecule has 0 spiro atoms. The zero-order valence-corrected chi connectivity index (χ0v) is 11.3. The van der Waals surface area contributed by atoms with E-state index in [9.17, 15) is 9.18 Å². The van der Waals surface area contributed by atoms with Gasteiger partial charge in [-0.25, -0.2) is 4.39 Å². The van der Waals surface area contributed by atoms with Crippen molar-refractivity contribution in [3.8, 4) is 0 Å².